The lowest BCUT2D eigenvalue weighted by atomic mass is 9.68. The number of para-hydroxylation sites is 1. The molecular weight excluding hydrogens is 314 g/mol. The predicted octanol–water partition coefficient (Wildman–Crippen LogP) is 3.45. The predicted molar refractivity (Wildman–Crippen MR) is 97.3 cm³/mol. The number of anilines is 1. The van der Waals surface area contributed by atoms with E-state index in [2.05, 4.69) is 5.32 Å². The molecule has 1 amide bonds. The van der Waals surface area contributed by atoms with Crippen LogP contribution in [0, 0.1) is 12.8 Å². The Morgan fingerprint density at radius 1 is 1.12 bits per heavy atom. The summed E-state index contributed by atoms with van der Waals surface area (Å²) in [6.07, 6.45) is 0.386. The van der Waals surface area contributed by atoms with Crippen LogP contribution in [0.5, 0.6) is 0 Å². The lowest BCUT2D eigenvalue weighted by Crippen LogP contribution is -2.46. The zero-order valence-electron chi connectivity index (χ0n) is 14.5. The van der Waals surface area contributed by atoms with Gasteiger partial charge in [0.2, 0.25) is 5.91 Å². The van der Waals surface area contributed by atoms with E-state index in [9.17, 15) is 14.7 Å². The van der Waals surface area contributed by atoms with Gasteiger partial charge in [-0.3, -0.25) is 9.59 Å². The van der Waals surface area contributed by atoms with Crippen LogP contribution in [0.3, 0.4) is 0 Å². The number of hydrogen-bond acceptors (Lipinski definition) is 3. The number of aliphatic hydroxyl groups is 1. The largest absolute Gasteiger partial charge is 0.390 e. The molecule has 1 fully saturated rings. The third kappa shape index (κ3) is 3.80. The summed E-state index contributed by atoms with van der Waals surface area (Å²) in [6, 6.07) is 17.0. The Bertz CT molecular complexity index is 783. The summed E-state index contributed by atoms with van der Waals surface area (Å²) in [5, 5.41) is 13.4. The average Bonchev–Trinajstić information content (AvgIpc) is 2.56. The molecule has 1 aliphatic carbocycles. The number of carbonyl (C=O) groups is 2. The van der Waals surface area contributed by atoms with Crippen molar-refractivity contribution in [1.82, 2.24) is 0 Å². The molecule has 2 aromatic carbocycles. The van der Waals surface area contributed by atoms with Gasteiger partial charge in [0.1, 0.15) is 11.7 Å². The normalized spacial score (nSPS) is 26.3. The molecule has 0 aromatic heterocycles. The topological polar surface area (TPSA) is 66.4 Å². The van der Waals surface area contributed by atoms with Crippen LogP contribution >= 0.6 is 0 Å². The molecule has 0 heterocycles. The second-order valence-corrected chi connectivity index (χ2v) is 7.14. The first-order valence-corrected chi connectivity index (χ1v) is 8.54. The molecule has 0 bridgehead atoms. The molecule has 4 heteroatoms. The Kier molecular flexibility index (Phi) is 4.73. The molecule has 0 radical (unpaired) electrons. The van der Waals surface area contributed by atoms with E-state index < -0.39 is 11.5 Å². The summed E-state index contributed by atoms with van der Waals surface area (Å²) in [5.74, 6) is -1.64. The fourth-order valence-electron chi connectivity index (χ4n) is 3.64. The Morgan fingerprint density at radius 2 is 1.76 bits per heavy atom. The minimum absolute atomic E-state index is 0.00217. The van der Waals surface area contributed by atoms with Gasteiger partial charge in [-0.05, 0) is 37.5 Å². The SMILES string of the molecule is Cc1ccccc1NC(=O)[C@@H]1C(=O)C[C@@](C)(O)C[C@@H]1c1ccccc1. The number of aryl methyl sites for hydroxylation is 1. The van der Waals surface area contributed by atoms with E-state index in [0.717, 1.165) is 11.1 Å². The highest BCUT2D eigenvalue weighted by Crippen LogP contribution is 2.41. The maximum atomic E-state index is 12.9. The van der Waals surface area contributed by atoms with E-state index in [1.54, 1.807) is 6.92 Å². The third-order valence-electron chi connectivity index (χ3n) is 4.88. The monoisotopic (exact) mass is 337 g/mol. The fourth-order valence-corrected chi connectivity index (χ4v) is 3.64. The number of benzene rings is 2. The summed E-state index contributed by atoms with van der Waals surface area (Å²) < 4.78 is 0. The molecule has 2 N–H and O–H groups in total. The van der Waals surface area contributed by atoms with Crippen molar-refractivity contribution in [2.24, 2.45) is 5.92 Å². The Hall–Kier alpha value is -2.46. The summed E-state index contributed by atoms with van der Waals surface area (Å²) in [4.78, 5) is 25.6. The highest BCUT2D eigenvalue weighted by atomic mass is 16.3. The second-order valence-electron chi connectivity index (χ2n) is 7.14. The molecule has 3 atom stereocenters. The van der Waals surface area contributed by atoms with Gasteiger partial charge in [0, 0.05) is 18.0 Å². The van der Waals surface area contributed by atoms with Crippen molar-refractivity contribution in [3.8, 4) is 0 Å². The second kappa shape index (κ2) is 6.81. The van der Waals surface area contributed by atoms with Crippen LogP contribution in [0.1, 0.15) is 36.8 Å². The Labute approximate surface area is 147 Å². The number of Topliss-reactive ketones (excluding diaryl/α,β-unsaturated/α-hetero) is 1. The van der Waals surface area contributed by atoms with Crippen molar-refractivity contribution in [3.05, 3.63) is 65.7 Å². The van der Waals surface area contributed by atoms with Crippen molar-refractivity contribution in [1.29, 1.82) is 0 Å². The summed E-state index contributed by atoms with van der Waals surface area (Å²) in [7, 11) is 0. The van der Waals surface area contributed by atoms with Crippen LogP contribution in [0.25, 0.3) is 0 Å². The highest BCUT2D eigenvalue weighted by Gasteiger charge is 2.46. The van der Waals surface area contributed by atoms with Crippen LogP contribution in [0.2, 0.25) is 0 Å². The van der Waals surface area contributed by atoms with Crippen LogP contribution in [-0.4, -0.2) is 22.4 Å². The molecule has 25 heavy (non-hydrogen) atoms. The van der Waals surface area contributed by atoms with E-state index >= 15 is 0 Å². The summed E-state index contributed by atoms with van der Waals surface area (Å²) >= 11 is 0. The van der Waals surface area contributed by atoms with E-state index in [1.165, 1.54) is 0 Å². The van der Waals surface area contributed by atoms with Crippen LogP contribution in [0.4, 0.5) is 5.69 Å². The zero-order valence-corrected chi connectivity index (χ0v) is 14.5. The Balaban J connectivity index is 1.92. The first-order chi connectivity index (χ1) is 11.9. The molecule has 0 saturated heterocycles. The summed E-state index contributed by atoms with van der Waals surface area (Å²) in [6.45, 7) is 3.58. The molecule has 0 aliphatic heterocycles. The highest BCUT2D eigenvalue weighted by molar-refractivity contribution is 6.09. The molecule has 0 spiro atoms. The van der Waals surface area contributed by atoms with Crippen molar-refractivity contribution in [2.45, 2.75) is 38.2 Å². The minimum Gasteiger partial charge on any atom is -0.390 e. The van der Waals surface area contributed by atoms with Crippen molar-refractivity contribution in [2.75, 3.05) is 5.32 Å². The van der Waals surface area contributed by atoms with E-state index in [-0.39, 0.29) is 24.0 Å². The van der Waals surface area contributed by atoms with E-state index in [1.807, 2.05) is 61.5 Å². The molecule has 0 unspecified atom stereocenters. The van der Waals surface area contributed by atoms with Gasteiger partial charge in [-0.15, -0.1) is 0 Å². The van der Waals surface area contributed by atoms with E-state index in [0.29, 0.717) is 12.1 Å². The summed E-state index contributed by atoms with van der Waals surface area (Å²) in [5.41, 5.74) is 1.48. The van der Waals surface area contributed by atoms with Crippen LogP contribution < -0.4 is 5.32 Å². The maximum Gasteiger partial charge on any atom is 0.235 e. The quantitative estimate of drug-likeness (QED) is 0.843. The number of amides is 1. The molecule has 1 saturated carbocycles. The van der Waals surface area contributed by atoms with Crippen molar-refractivity contribution < 1.29 is 14.7 Å². The standard InChI is InChI=1S/C21H23NO3/c1-14-8-6-7-11-17(14)22-20(24)19-16(15-9-4-3-5-10-15)12-21(2,25)13-18(19)23/h3-11,16,19,25H,12-13H2,1-2H3,(H,22,24)/t16-,19+,21+/m1/s1. The van der Waals surface area contributed by atoms with Crippen molar-refractivity contribution >= 4 is 17.4 Å². The van der Waals surface area contributed by atoms with Gasteiger partial charge in [0.15, 0.2) is 0 Å². The Morgan fingerprint density at radius 3 is 2.44 bits per heavy atom. The molecule has 2 aromatic rings. The number of hydrogen-bond donors (Lipinski definition) is 2. The van der Waals surface area contributed by atoms with Gasteiger partial charge in [0.25, 0.3) is 0 Å². The van der Waals surface area contributed by atoms with Crippen LogP contribution in [0.15, 0.2) is 54.6 Å². The first-order valence-electron chi connectivity index (χ1n) is 8.54. The van der Waals surface area contributed by atoms with Gasteiger partial charge >= 0.3 is 0 Å². The van der Waals surface area contributed by atoms with Crippen LogP contribution in [-0.2, 0) is 9.59 Å². The van der Waals surface area contributed by atoms with Gasteiger partial charge < -0.3 is 10.4 Å². The number of rotatable bonds is 3. The van der Waals surface area contributed by atoms with Gasteiger partial charge in [-0.2, -0.15) is 0 Å². The average molecular weight is 337 g/mol. The first kappa shape index (κ1) is 17.4. The molecule has 1 aliphatic rings. The molecule has 4 nitrogen and oxygen atoms in total. The van der Waals surface area contributed by atoms with Gasteiger partial charge in [-0.1, -0.05) is 48.5 Å². The minimum atomic E-state index is -1.09. The lowest BCUT2D eigenvalue weighted by Gasteiger charge is -2.38. The molecular formula is C21H23NO3. The van der Waals surface area contributed by atoms with Crippen molar-refractivity contribution in [3.63, 3.8) is 0 Å². The number of nitrogens with one attached hydrogen (secondary N) is 1. The van der Waals surface area contributed by atoms with Gasteiger partial charge in [-0.25, -0.2) is 0 Å². The van der Waals surface area contributed by atoms with Gasteiger partial charge in [0.05, 0.1) is 5.60 Å². The zero-order chi connectivity index (χ0) is 18.0. The number of carbonyl (C=O) groups excluding carboxylic acids is 2. The number of ketones is 1. The lowest BCUT2D eigenvalue weighted by molar-refractivity contribution is -0.140. The fraction of sp³-hybridized carbons (Fsp3) is 0.333. The molecule has 3 rings (SSSR count). The smallest absolute Gasteiger partial charge is 0.235 e. The molecule has 130 valence electrons. The maximum absolute atomic E-state index is 12.9. The van der Waals surface area contributed by atoms with E-state index in [4.69, 9.17) is 0 Å². The third-order valence-corrected chi connectivity index (χ3v) is 4.88.